The van der Waals surface area contributed by atoms with Gasteiger partial charge in [-0.2, -0.15) is 0 Å². The molecule has 1 N–H and O–H groups in total. The molecule has 1 aromatic carbocycles. The van der Waals surface area contributed by atoms with Gasteiger partial charge in [0.25, 0.3) is 0 Å². The topological polar surface area (TPSA) is 35.6 Å². The minimum atomic E-state index is -0.0171. The molecule has 2 fully saturated rings. The van der Waals surface area contributed by atoms with E-state index >= 15 is 0 Å². The van der Waals surface area contributed by atoms with Crippen molar-refractivity contribution in [1.29, 1.82) is 0 Å². The summed E-state index contributed by atoms with van der Waals surface area (Å²) in [5.74, 6) is 0.206. The van der Waals surface area contributed by atoms with Crippen molar-refractivity contribution in [2.24, 2.45) is 0 Å². The molecule has 0 aliphatic carbocycles. The predicted octanol–water partition coefficient (Wildman–Crippen LogP) is 2.25. The molecule has 2 aliphatic rings. The summed E-state index contributed by atoms with van der Waals surface area (Å²) in [5, 5.41) is 4.06. The summed E-state index contributed by atoms with van der Waals surface area (Å²) in [5.41, 5.74) is 1.11. The molecular weight excluding hydrogens is 286 g/mol. The third kappa shape index (κ3) is 3.07. The van der Waals surface area contributed by atoms with E-state index in [9.17, 15) is 4.79 Å². The molecule has 2 heterocycles. The van der Waals surface area contributed by atoms with Crippen LogP contribution < -0.4 is 5.32 Å². The third-order valence-electron chi connectivity index (χ3n) is 4.52. The van der Waals surface area contributed by atoms with Crippen LogP contribution in [-0.4, -0.2) is 47.9 Å². The van der Waals surface area contributed by atoms with Crippen molar-refractivity contribution in [3.8, 4) is 0 Å². The lowest BCUT2D eigenvalue weighted by atomic mass is 10.0. The SMILES string of the molecule is CCN1CCCC(N2C(=O)CNC2c2ccc(Cl)cc2)C1. The Kier molecular flexibility index (Phi) is 4.48. The maximum Gasteiger partial charge on any atom is 0.238 e. The van der Waals surface area contributed by atoms with E-state index in [0.717, 1.165) is 43.1 Å². The Bertz CT molecular complexity index is 505. The van der Waals surface area contributed by atoms with Crippen molar-refractivity contribution in [2.75, 3.05) is 26.2 Å². The van der Waals surface area contributed by atoms with E-state index in [-0.39, 0.29) is 12.1 Å². The second-order valence-electron chi connectivity index (χ2n) is 5.83. The second kappa shape index (κ2) is 6.34. The van der Waals surface area contributed by atoms with Gasteiger partial charge in [-0.15, -0.1) is 0 Å². The van der Waals surface area contributed by atoms with E-state index in [4.69, 9.17) is 11.6 Å². The summed E-state index contributed by atoms with van der Waals surface area (Å²) >= 11 is 5.96. The number of amides is 1. The molecule has 2 unspecified atom stereocenters. The van der Waals surface area contributed by atoms with Crippen molar-refractivity contribution < 1.29 is 4.79 Å². The molecule has 1 aromatic rings. The molecule has 114 valence electrons. The van der Waals surface area contributed by atoms with Gasteiger partial charge in [0.05, 0.1) is 6.54 Å². The molecule has 0 radical (unpaired) electrons. The standard InChI is InChI=1S/C16H22ClN3O/c1-2-19-9-3-4-14(11-19)20-15(21)10-18-16(20)12-5-7-13(17)8-6-12/h5-8,14,16,18H,2-4,9-11H2,1H3. The number of piperidine rings is 1. The van der Waals surface area contributed by atoms with Gasteiger partial charge in [0.15, 0.2) is 0 Å². The highest BCUT2D eigenvalue weighted by atomic mass is 35.5. The Labute approximate surface area is 131 Å². The average Bonchev–Trinajstić information content (AvgIpc) is 2.90. The largest absolute Gasteiger partial charge is 0.318 e. The number of hydrogen-bond donors (Lipinski definition) is 1. The van der Waals surface area contributed by atoms with Gasteiger partial charge >= 0.3 is 0 Å². The van der Waals surface area contributed by atoms with Crippen LogP contribution in [0.3, 0.4) is 0 Å². The Balaban J connectivity index is 1.80. The zero-order valence-corrected chi connectivity index (χ0v) is 13.1. The van der Waals surface area contributed by atoms with Gasteiger partial charge in [0.1, 0.15) is 6.17 Å². The molecule has 5 heteroatoms. The van der Waals surface area contributed by atoms with Crippen molar-refractivity contribution in [3.05, 3.63) is 34.9 Å². The van der Waals surface area contributed by atoms with Crippen LogP contribution in [0.2, 0.25) is 5.02 Å². The maximum atomic E-state index is 12.3. The first-order valence-electron chi connectivity index (χ1n) is 7.71. The van der Waals surface area contributed by atoms with Gasteiger partial charge in [0, 0.05) is 17.6 Å². The quantitative estimate of drug-likeness (QED) is 0.930. The summed E-state index contributed by atoms with van der Waals surface area (Å²) < 4.78 is 0. The van der Waals surface area contributed by atoms with Crippen molar-refractivity contribution in [3.63, 3.8) is 0 Å². The lowest BCUT2D eigenvalue weighted by molar-refractivity contribution is -0.131. The smallest absolute Gasteiger partial charge is 0.238 e. The highest BCUT2D eigenvalue weighted by Gasteiger charge is 2.38. The van der Waals surface area contributed by atoms with Crippen molar-refractivity contribution in [1.82, 2.24) is 15.1 Å². The molecule has 0 spiro atoms. The zero-order valence-electron chi connectivity index (χ0n) is 12.4. The number of likely N-dealkylation sites (N-methyl/N-ethyl adjacent to an activating group) is 1. The first-order chi connectivity index (χ1) is 10.2. The van der Waals surface area contributed by atoms with Crippen molar-refractivity contribution >= 4 is 17.5 Å². The van der Waals surface area contributed by atoms with Crippen LogP contribution in [0, 0.1) is 0 Å². The fraction of sp³-hybridized carbons (Fsp3) is 0.562. The van der Waals surface area contributed by atoms with Gasteiger partial charge < -0.3 is 9.80 Å². The van der Waals surface area contributed by atoms with Crippen LogP contribution in [0.25, 0.3) is 0 Å². The Morgan fingerprint density at radius 1 is 1.33 bits per heavy atom. The van der Waals surface area contributed by atoms with Crippen LogP contribution in [0.5, 0.6) is 0 Å². The van der Waals surface area contributed by atoms with Crippen LogP contribution >= 0.6 is 11.6 Å². The van der Waals surface area contributed by atoms with Gasteiger partial charge in [-0.25, -0.2) is 0 Å². The molecule has 2 saturated heterocycles. The highest BCUT2D eigenvalue weighted by molar-refractivity contribution is 6.30. The van der Waals surface area contributed by atoms with Crippen LogP contribution in [0.4, 0.5) is 0 Å². The van der Waals surface area contributed by atoms with Crippen LogP contribution in [0.15, 0.2) is 24.3 Å². The zero-order chi connectivity index (χ0) is 14.8. The summed E-state index contributed by atoms with van der Waals surface area (Å²) in [7, 11) is 0. The maximum absolute atomic E-state index is 12.3. The molecule has 1 amide bonds. The lowest BCUT2D eigenvalue weighted by Crippen LogP contribution is -2.49. The Morgan fingerprint density at radius 3 is 2.81 bits per heavy atom. The normalized spacial score (nSPS) is 27.3. The summed E-state index contributed by atoms with van der Waals surface area (Å²) in [6.07, 6.45) is 2.24. The number of benzene rings is 1. The number of likely N-dealkylation sites (tertiary alicyclic amines) is 1. The summed E-state index contributed by atoms with van der Waals surface area (Å²) in [6.45, 7) is 5.79. The first-order valence-corrected chi connectivity index (χ1v) is 8.09. The fourth-order valence-corrected chi connectivity index (χ4v) is 3.53. The van der Waals surface area contributed by atoms with E-state index in [1.54, 1.807) is 0 Å². The van der Waals surface area contributed by atoms with Gasteiger partial charge in [-0.05, 0) is 43.6 Å². The number of carbonyl (C=O) groups is 1. The van der Waals surface area contributed by atoms with E-state index in [1.807, 2.05) is 29.2 Å². The summed E-state index contributed by atoms with van der Waals surface area (Å²) in [6, 6.07) is 8.09. The number of rotatable bonds is 3. The van der Waals surface area contributed by atoms with Gasteiger partial charge in [-0.1, -0.05) is 30.7 Å². The molecule has 3 rings (SSSR count). The minimum absolute atomic E-state index is 0.0171. The molecule has 0 bridgehead atoms. The minimum Gasteiger partial charge on any atom is -0.318 e. The molecule has 2 aliphatic heterocycles. The highest BCUT2D eigenvalue weighted by Crippen LogP contribution is 2.29. The van der Waals surface area contributed by atoms with E-state index in [2.05, 4.69) is 17.1 Å². The third-order valence-corrected chi connectivity index (χ3v) is 4.77. The number of hydrogen-bond acceptors (Lipinski definition) is 3. The monoisotopic (exact) mass is 307 g/mol. The van der Waals surface area contributed by atoms with E-state index in [0.29, 0.717) is 12.6 Å². The molecule has 2 atom stereocenters. The van der Waals surface area contributed by atoms with E-state index in [1.165, 1.54) is 0 Å². The molecule has 0 aromatic heterocycles. The van der Waals surface area contributed by atoms with Crippen LogP contribution in [-0.2, 0) is 4.79 Å². The van der Waals surface area contributed by atoms with E-state index < -0.39 is 0 Å². The molecule has 4 nitrogen and oxygen atoms in total. The average molecular weight is 308 g/mol. The fourth-order valence-electron chi connectivity index (χ4n) is 3.40. The van der Waals surface area contributed by atoms with Crippen LogP contribution in [0.1, 0.15) is 31.5 Å². The Morgan fingerprint density at radius 2 is 2.10 bits per heavy atom. The number of carbonyl (C=O) groups excluding carboxylic acids is 1. The first kappa shape index (κ1) is 14.8. The number of halogens is 1. The molecular formula is C16H22ClN3O. The van der Waals surface area contributed by atoms with Crippen molar-refractivity contribution in [2.45, 2.75) is 32.0 Å². The summed E-state index contributed by atoms with van der Waals surface area (Å²) in [4.78, 5) is 16.8. The number of nitrogens with one attached hydrogen (secondary N) is 1. The molecule has 0 saturated carbocycles. The Hall–Kier alpha value is -1.10. The van der Waals surface area contributed by atoms with Gasteiger partial charge in [-0.3, -0.25) is 10.1 Å². The molecule has 21 heavy (non-hydrogen) atoms. The number of nitrogens with zero attached hydrogens (tertiary/aromatic N) is 2. The van der Waals surface area contributed by atoms with Gasteiger partial charge in [0.2, 0.25) is 5.91 Å². The predicted molar refractivity (Wildman–Crippen MR) is 84.2 cm³/mol. The second-order valence-corrected chi connectivity index (χ2v) is 6.26. The lowest BCUT2D eigenvalue weighted by Gasteiger charge is -2.39.